The molecule has 1 aliphatic heterocycles. The number of carbonyl (C=O) groups excluding carboxylic acids is 1. The number of carbonyl (C=O) groups is 1. The van der Waals surface area contributed by atoms with Gasteiger partial charge < -0.3 is 4.90 Å². The fourth-order valence-electron chi connectivity index (χ4n) is 2.39. The third-order valence-electron chi connectivity index (χ3n) is 3.39. The van der Waals surface area contributed by atoms with Gasteiger partial charge in [0.15, 0.2) is 11.3 Å². The highest BCUT2D eigenvalue weighted by molar-refractivity contribution is 9.10. The molecule has 1 amide bonds. The Hall–Kier alpha value is -1.43. The summed E-state index contributed by atoms with van der Waals surface area (Å²) < 4.78 is 2.48. The summed E-state index contributed by atoms with van der Waals surface area (Å²) in [5.41, 5.74) is 1.17. The van der Waals surface area contributed by atoms with Gasteiger partial charge in [0.1, 0.15) is 0 Å². The number of hydrogen-bond acceptors (Lipinski definition) is 3. The molecule has 1 aliphatic rings. The van der Waals surface area contributed by atoms with Gasteiger partial charge in [0.2, 0.25) is 0 Å². The molecule has 19 heavy (non-hydrogen) atoms. The highest BCUT2D eigenvalue weighted by Crippen LogP contribution is 2.15. The first-order chi connectivity index (χ1) is 9.24. The van der Waals surface area contributed by atoms with Crippen LogP contribution in [0.25, 0.3) is 5.65 Å². The zero-order chi connectivity index (χ0) is 13.2. The van der Waals surface area contributed by atoms with Gasteiger partial charge in [-0.2, -0.15) is 5.10 Å². The van der Waals surface area contributed by atoms with Gasteiger partial charge in [-0.1, -0.05) is 12.8 Å². The van der Waals surface area contributed by atoms with Gasteiger partial charge in [-0.15, -0.1) is 0 Å². The van der Waals surface area contributed by atoms with Gasteiger partial charge in [-0.25, -0.2) is 9.50 Å². The first-order valence-electron chi connectivity index (χ1n) is 6.54. The van der Waals surface area contributed by atoms with Crippen molar-refractivity contribution in [3.8, 4) is 0 Å². The Kier molecular flexibility index (Phi) is 3.50. The van der Waals surface area contributed by atoms with E-state index in [9.17, 15) is 4.79 Å². The molecule has 6 heteroatoms. The van der Waals surface area contributed by atoms with E-state index in [0.29, 0.717) is 11.3 Å². The smallest absolute Gasteiger partial charge is 0.274 e. The van der Waals surface area contributed by atoms with Gasteiger partial charge >= 0.3 is 0 Å². The molecule has 0 aliphatic carbocycles. The fourth-order valence-corrected chi connectivity index (χ4v) is 2.69. The molecule has 0 unspecified atom stereocenters. The zero-order valence-electron chi connectivity index (χ0n) is 10.5. The number of amides is 1. The highest BCUT2D eigenvalue weighted by Gasteiger charge is 2.20. The Bertz CT molecular complexity index is 602. The van der Waals surface area contributed by atoms with Crippen molar-refractivity contribution >= 4 is 27.5 Å². The Morgan fingerprint density at radius 3 is 2.68 bits per heavy atom. The molecule has 1 fully saturated rings. The number of likely N-dealkylation sites (tertiary alicyclic amines) is 1. The molecule has 100 valence electrons. The Balaban J connectivity index is 1.88. The molecule has 0 spiro atoms. The fraction of sp³-hybridized carbons (Fsp3) is 0.462. The Morgan fingerprint density at radius 1 is 1.21 bits per heavy atom. The van der Waals surface area contributed by atoms with Crippen molar-refractivity contribution in [1.82, 2.24) is 19.5 Å². The van der Waals surface area contributed by atoms with Crippen LogP contribution < -0.4 is 0 Å². The minimum Gasteiger partial charge on any atom is -0.337 e. The second-order valence-corrected chi connectivity index (χ2v) is 5.73. The van der Waals surface area contributed by atoms with E-state index in [1.54, 1.807) is 16.8 Å². The molecule has 1 saturated heterocycles. The van der Waals surface area contributed by atoms with Crippen LogP contribution >= 0.6 is 15.9 Å². The monoisotopic (exact) mass is 322 g/mol. The third-order valence-corrected chi connectivity index (χ3v) is 3.80. The lowest BCUT2D eigenvalue weighted by atomic mass is 10.2. The summed E-state index contributed by atoms with van der Waals surface area (Å²) in [5.74, 6) is 0.0172. The van der Waals surface area contributed by atoms with Crippen molar-refractivity contribution in [1.29, 1.82) is 0 Å². The first-order valence-corrected chi connectivity index (χ1v) is 7.33. The maximum absolute atomic E-state index is 12.4. The minimum atomic E-state index is 0.0172. The Labute approximate surface area is 119 Å². The number of aromatic nitrogens is 3. The molecule has 0 N–H and O–H groups in total. The molecule has 0 saturated carbocycles. The molecule has 3 heterocycles. The van der Waals surface area contributed by atoms with E-state index < -0.39 is 0 Å². The highest BCUT2D eigenvalue weighted by atomic mass is 79.9. The van der Waals surface area contributed by atoms with E-state index in [0.717, 1.165) is 30.4 Å². The van der Waals surface area contributed by atoms with E-state index in [4.69, 9.17) is 0 Å². The second-order valence-electron chi connectivity index (χ2n) is 4.81. The lowest BCUT2D eigenvalue weighted by Gasteiger charge is -2.18. The summed E-state index contributed by atoms with van der Waals surface area (Å²) in [6.45, 7) is 1.67. The summed E-state index contributed by atoms with van der Waals surface area (Å²) in [7, 11) is 0. The van der Waals surface area contributed by atoms with Crippen LogP contribution in [0.15, 0.2) is 22.9 Å². The van der Waals surface area contributed by atoms with E-state index in [2.05, 4.69) is 26.0 Å². The lowest BCUT2D eigenvalue weighted by Crippen LogP contribution is -2.32. The van der Waals surface area contributed by atoms with Crippen LogP contribution in [0.5, 0.6) is 0 Å². The van der Waals surface area contributed by atoms with Crippen LogP contribution in [0.2, 0.25) is 0 Å². The Morgan fingerprint density at radius 2 is 1.95 bits per heavy atom. The van der Waals surface area contributed by atoms with Crippen LogP contribution in [0.4, 0.5) is 0 Å². The first kappa shape index (κ1) is 12.6. The lowest BCUT2D eigenvalue weighted by molar-refractivity contribution is 0.0755. The van der Waals surface area contributed by atoms with E-state index in [-0.39, 0.29) is 5.91 Å². The minimum absolute atomic E-state index is 0.0172. The number of nitrogens with zero attached hydrogens (tertiary/aromatic N) is 4. The van der Waals surface area contributed by atoms with Gasteiger partial charge in [-0.3, -0.25) is 4.79 Å². The van der Waals surface area contributed by atoms with Gasteiger partial charge in [-0.05, 0) is 28.8 Å². The van der Waals surface area contributed by atoms with Crippen molar-refractivity contribution in [2.45, 2.75) is 25.7 Å². The molecule has 2 aromatic heterocycles. The quantitative estimate of drug-likeness (QED) is 0.810. The van der Waals surface area contributed by atoms with Gasteiger partial charge in [0.05, 0.1) is 4.47 Å². The SMILES string of the molecule is O=C(c1cc2ncc(Br)cn2n1)N1CCCCCC1. The van der Waals surface area contributed by atoms with Crippen LogP contribution in [0, 0.1) is 0 Å². The maximum Gasteiger partial charge on any atom is 0.274 e. The van der Waals surface area contributed by atoms with Crippen LogP contribution in [-0.2, 0) is 0 Å². The largest absolute Gasteiger partial charge is 0.337 e. The number of halogens is 1. The number of rotatable bonds is 1. The van der Waals surface area contributed by atoms with Gasteiger partial charge in [0.25, 0.3) is 5.91 Å². The van der Waals surface area contributed by atoms with Crippen molar-refractivity contribution in [3.05, 3.63) is 28.6 Å². The molecule has 3 rings (SSSR count). The molecule has 2 aromatic rings. The number of hydrogen-bond donors (Lipinski definition) is 0. The number of fused-ring (bicyclic) bond motifs is 1. The zero-order valence-corrected chi connectivity index (χ0v) is 12.1. The van der Waals surface area contributed by atoms with Crippen LogP contribution in [0.1, 0.15) is 36.2 Å². The predicted octanol–water partition coefficient (Wildman–Crippen LogP) is 2.51. The molecule has 5 nitrogen and oxygen atoms in total. The van der Waals surface area contributed by atoms with E-state index in [1.165, 1.54) is 12.8 Å². The normalized spacial score (nSPS) is 16.6. The van der Waals surface area contributed by atoms with Crippen molar-refractivity contribution in [3.63, 3.8) is 0 Å². The average Bonchev–Trinajstić information content (AvgIpc) is 2.64. The van der Waals surface area contributed by atoms with E-state index in [1.807, 2.05) is 11.1 Å². The average molecular weight is 323 g/mol. The molecular formula is C13H15BrN4O. The summed E-state index contributed by atoms with van der Waals surface area (Å²) >= 11 is 3.35. The van der Waals surface area contributed by atoms with Gasteiger partial charge in [0, 0.05) is 31.5 Å². The predicted molar refractivity (Wildman–Crippen MR) is 75.1 cm³/mol. The van der Waals surface area contributed by atoms with Crippen molar-refractivity contribution in [2.24, 2.45) is 0 Å². The standard InChI is InChI=1S/C13H15BrN4O/c14-10-8-15-12-7-11(16-18(12)9-10)13(19)17-5-3-1-2-4-6-17/h7-9H,1-6H2. The topological polar surface area (TPSA) is 50.5 Å². The van der Waals surface area contributed by atoms with Crippen LogP contribution in [-0.4, -0.2) is 38.5 Å². The van der Waals surface area contributed by atoms with E-state index >= 15 is 0 Å². The molecule has 0 bridgehead atoms. The molecule has 0 aromatic carbocycles. The maximum atomic E-state index is 12.4. The molecule has 0 radical (unpaired) electrons. The summed E-state index contributed by atoms with van der Waals surface area (Å²) in [6.07, 6.45) is 8.11. The summed E-state index contributed by atoms with van der Waals surface area (Å²) in [5, 5.41) is 4.31. The van der Waals surface area contributed by atoms with Crippen molar-refractivity contribution in [2.75, 3.05) is 13.1 Å². The molecular weight excluding hydrogens is 308 g/mol. The molecule has 0 atom stereocenters. The van der Waals surface area contributed by atoms with Crippen molar-refractivity contribution < 1.29 is 4.79 Å². The van der Waals surface area contributed by atoms with Crippen LogP contribution in [0.3, 0.4) is 0 Å². The second kappa shape index (κ2) is 5.28. The summed E-state index contributed by atoms with van der Waals surface area (Å²) in [6, 6.07) is 1.75. The third kappa shape index (κ3) is 2.63. The summed E-state index contributed by atoms with van der Waals surface area (Å²) in [4.78, 5) is 18.6.